The number of rotatable bonds is 4. The molecule has 0 saturated carbocycles. The van der Waals surface area contributed by atoms with E-state index in [1.165, 1.54) is 4.52 Å². The number of methoxy groups -OCH3 is 1. The summed E-state index contributed by atoms with van der Waals surface area (Å²) in [7, 11) is 1.57. The van der Waals surface area contributed by atoms with Gasteiger partial charge < -0.3 is 10.5 Å². The van der Waals surface area contributed by atoms with E-state index in [2.05, 4.69) is 25.0 Å². The van der Waals surface area contributed by atoms with Crippen LogP contribution in [-0.4, -0.2) is 49.2 Å². The highest BCUT2D eigenvalue weighted by atomic mass is 32.1. The van der Waals surface area contributed by atoms with Crippen LogP contribution in [0.2, 0.25) is 0 Å². The number of hydrogen-bond acceptors (Lipinski definition) is 8. The lowest BCUT2D eigenvalue weighted by Crippen LogP contribution is -2.38. The minimum Gasteiger partial charge on any atom is -0.494 e. The summed E-state index contributed by atoms with van der Waals surface area (Å²) in [6.07, 6.45) is -3.34. The number of alkyl halides is 3. The number of thiazole rings is 1. The highest BCUT2D eigenvalue weighted by molar-refractivity contribution is 7.11. The van der Waals surface area contributed by atoms with Gasteiger partial charge in [-0.15, -0.1) is 16.4 Å². The molecule has 1 aliphatic rings. The first-order valence-corrected chi connectivity index (χ1v) is 10.8. The predicted octanol–water partition coefficient (Wildman–Crippen LogP) is 3.33. The standard InChI is InChI=1S/C20H20F3N7OS/c1-10(29-7-6-14-12(9-29)25-18(32-14)20(21,22)23)8-15-26-17-11-4-3-5-13(31-2)16(11)27-19(24)30(17)28-15/h3-5,10H,6-9H2,1-2H3,(H2,24,27). The number of benzene rings is 1. The number of fused-ring (bicyclic) bond motifs is 4. The molecule has 1 atom stereocenters. The average molecular weight is 463 g/mol. The Balaban J connectivity index is 1.40. The number of ether oxygens (including phenoxy) is 1. The average Bonchev–Trinajstić information content (AvgIpc) is 3.37. The minimum absolute atomic E-state index is 0.00610. The fourth-order valence-electron chi connectivity index (χ4n) is 4.03. The molecule has 0 fully saturated rings. The zero-order valence-corrected chi connectivity index (χ0v) is 18.2. The molecule has 1 unspecified atom stereocenters. The van der Waals surface area contributed by atoms with E-state index in [-0.39, 0.29) is 12.0 Å². The Bertz CT molecular complexity index is 1320. The molecule has 0 bridgehead atoms. The maximum atomic E-state index is 13.0. The Kier molecular flexibility index (Phi) is 4.93. The first kappa shape index (κ1) is 20.9. The van der Waals surface area contributed by atoms with Gasteiger partial charge in [-0.1, -0.05) is 6.07 Å². The van der Waals surface area contributed by atoms with Gasteiger partial charge >= 0.3 is 6.18 Å². The molecule has 4 aromatic rings. The molecule has 1 aromatic carbocycles. The van der Waals surface area contributed by atoms with Crippen LogP contribution in [0.4, 0.5) is 19.1 Å². The lowest BCUT2D eigenvalue weighted by Gasteiger charge is -2.31. The van der Waals surface area contributed by atoms with E-state index < -0.39 is 11.2 Å². The van der Waals surface area contributed by atoms with E-state index in [1.807, 2.05) is 19.1 Å². The Morgan fingerprint density at radius 3 is 2.81 bits per heavy atom. The van der Waals surface area contributed by atoms with Crippen molar-refractivity contribution in [2.75, 3.05) is 19.4 Å². The van der Waals surface area contributed by atoms with Crippen LogP contribution in [0.5, 0.6) is 5.75 Å². The smallest absolute Gasteiger partial charge is 0.443 e. The SMILES string of the molecule is COc1cccc2c1nc(N)n1nc(CC(C)N3CCc4sc(C(F)(F)F)nc4C3)nc21. The number of halogens is 3. The summed E-state index contributed by atoms with van der Waals surface area (Å²) in [6, 6.07) is 5.54. The molecule has 4 heterocycles. The van der Waals surface area contributed by atoms with Gasteiger partial charge in [0, 0.05) is 35.8 Å². The number of aromatic nitrogens is 5. The van der Waals surface area contributed by atoms with Crippen LogP contribution in [0, 0.1) is 0 Å². The minimum atomic E-state index is -4.40. The third-order valence-corrected chi connectivity index (χ3v) is 6.86. The van der Waals surface area contributed by atoms with Crippen LogP contribution < -0.4 is 10.5 Å². The van der Waals surface area contributed by atoms with E-state index in [0.29, 0.717) is 59.2 Å². The van der Waals surface area contributed by atoms with Gasteiger partial charge in [0.15, 0.2) is 16.5 Å². The first-order chi connectivity index (χ1) is 15.2. The van der Waals surface area contributed by atoms with Gasteiger partial charge in [0.1, 0.15) is 11.3 Å². The monoisotopic (exact) mass is 463 g/mol. The van der Waals surface area contributed by atoms with E-state index in [4.69, 9.17) is 10.5 Å². The molecule has 3 aromatic heterocycles. The number of anilines is 1. The maximum absolute atomic E-state index is 13.0. The molecule has 0 radical (unpaired) electrons. The molecule has 1 aliphatic heterocycles. The Morgan fingerprint density at radius 2 is 2.06 bits per heavy atom. The number of hydrogen-bond donors (Lipinski definition) is 1. The first-order valence-electron chi connectivity index (χ1n) is 10.0. The van der Waals surface area contributed by atoms with E-state index in [9.17, 15) is 13.2 Å². The van der Waals surface area contributed by atoms with Crippen molar-refractivity contribution in [3.8, 4) is 5.75 Å². The van der Waals surface area contributed by atoms with E-state index in [1.54, 1.807) is 13.2 Å². The lowest BCUT2D eigenvalue weighted by atomic mass is 10.1. The normalized spacial score (nSPS) is 15.9. The predicted molar refractivity (Wildman–Crippen MR) is 114 cm³/mol. The molecule has 5 rings (SSSR count). The zero-order valence-electron chi connectivity index (χ0n) is 17.3. The van der Waals surface area contributed by atoms with E-state index >= 15 is 0 Å². The summed E-state index contributed by atoms with van der Waals surface area (Å²) in [4.78, 5) is 15.7. The van der Waals surface area contributed by atoms with Crippen LogP contribution in [0.15, 0.2) is 18.2 Å². The third-order valence-electron chi connectivity index (χ3n) is 5.66. The topological polar surface area (TPSA) is 94.5 Å². The Hall–Kier alpha value is -2.99. The fraction of sp³-hybridized carbons (Fsp3) is 0.400. The van der Waals surface area contributed by atoms with E-state index in [0.717, 1.165) is 16.7 Å². The summed E-state index contributed by atoms with van der Waals surface area (Å²) < 4.78 is 45.9. The van der Waals surface area contributed by atoms with Gasteiger partial charge in [-0.2, -0.15) is 17.7 Å². The maximum Gasteiger partial charge on any atom is 0.443 e. The van der Waals surface area contributed by atoms with Crippen LogP contribution in [0.25, 0.3) is 16.6 Å². The second-order valence-corrected chi connectivity index (χ2v) is 8.83. The molecular formula is C20H20F3N7OS. The van der Waals surface area contributed by atoms with Gasteiger partial charge in [-0.3, -0.25) is 4.90 Å². The van der Waals surface area contributed by atoms with Crippen molar-refractivity contribution in [2.45, 2.75) is 38.5 Å². The van der Waals surface area contributed by atoms with Crippen molar-refractivity contribution in [1.29, 1.82) is 0 Å². The Labute approximate surface area is 184 Å². The summed E-state index contributed by atoms with van der Waals surface area (Å²) in [5.41, 5.74) is 7.81. The molecule has 2 N–H and O–H groups in total. The van der Waals surface area contributed by atoms with Crippen LogP contribution >= 0.6 is 11.3 Å². The summed E-state index contributed by atoms with van der Waals surface area (Å²) in [5, 5.41) is 4.52. The van der Waals surface area contributed by atoms with Crippen LogP contribution in [-0.2, 0) is 25.6 Å². The van der Waals surface area contributed by atoms with Gasteiger partial charge in [0.25, 0.3) is 0 Å². The number of para-hydroxylation sites is 1. The molecule has 32 heavy (non-hydrogen) atoms. The quantitative estimate of drug-likeness (QED) is 0.496. The van der Waals surface area contributed by atoms with Crippen molar-refractivity contribution in [3.63, 3.8) is 0 Å². The fourth-order valence-corrected chi connectivity index (χ4v) is 4.96. The molecular weight excluding hydrogens is 443 g/mol. The molecule has 0 saturated heterocycles. The van der Waals surface area contributed by atoms with Crippen LogP contribution in [0.3, 0.4) is 0 Å². The number of nitrogen functional groups attached to an aromatic ring is 1. The number of nitrogens with two attached hydrogens (primary N) is 1. The van der Waals surface area contributed by atoms with Crippen molar-refractivity contribution < 1.29 is 17.9 Å². The largest absolute Gasteiger partial charge is 0.494 e. The summed E-state index contributed by atoms with van der Waals surface area (Å²) in [6.45, 7) is 3.04. The van der Waals surface area contributed by atoms with Crippen molar-refractivity contribution >= 4 is 33.8 Å². The van der Waals surface area contributed by atoms with Crippen molar-refractivity contribution in [3.05, 3.63) is 39.6 Å². The molecule has 0 spiro atoms. The van der Waals surface area contributed by atoms with Gasteiger partial charge in [-0.25, -0.2) is 15.0 Å². The number of nitrogens with zero attached hydrogens (tertiary/aromatic N) is 6. The van der Waals surface area contributed by atoms with Gasteiger partial charge in [-0.05, 0) is 25.5 Å². The molecule has 0 aliphatic carbocycles. The van der Waals surface area contributed by atoms with Gasteiger partial charge in [0.05, 0.1) is 12.8 Å². The molecule has 168 valence electrons. The second-order valence-electron chi connectivity index (χ2n) is 7.75. The second kappa shape index (κ2) is 7.55. The molecule has 8 nitrogen and oxygen atoms in total. The Morgan fingerprint density at radius 1 is 1.25 bits per heavy atom. The van der Waals surface area contributed by atoms with Crippen molar-refractivity contribution in [2.24, 2.45) is 0 Å². The zero-order chi connectivity index (χ0) is 22.6. The highest BCUT2D eigenvalue weighted by Crippen LogP contribution is 2.36. The summed E-state index contributed by atoms with van der Waals surface area (Å²) >= 11 is 0.747. The third kappa shape index (κ3) is 3.52. The lowest BCUT2D eigenvalue weighted by molar-refractivity contribution is -0.137. The van der Waals surface area contributed by atoms with Crippen molar-refractivity contribution in [1.82, 2.24) is 29.5 Å². The highest BCUT2D eigenvalue weighted by Gasteiger charge is 2.37. The molecule has 0 amide bonds. The summed E-state index contributed by atoms with van der Waals surface area (Å²) in [5.74, 6) is 1.38. The molecule has 12 heteroatoms. The van der Waals surface area contributed by atoms with Crippen LogP contribution in [0.1, 0.15) is 28.3 Å². The van der Waals surface area contributed by atoms with Gasteiger partial charge in [0.2, 0.25) is 5.95 Å².